The van der Waals surface area contributed by atoms with Gasteiger partial charge in [-0.3, -0.25) is 9.59 Å². The Labute approximate surface area is 165 Å². The molecule has 28 heavy (non-hydrogen) atoms. The lowest BCUT2D eigenvalue weighted by Gasteiger charge is -2.34. The maximum atomic E-state index is 13.3. The molecule has 1 atom stereocenters. The van der Waals surface area contributed by atoms with Crippen molar-refractivity contribution >= 4 is 38.2 Å². The SMILES string of the molecule is O=C(c1cc2ccccc2c(=O)[nH]1)N1CCCCC1c1nc2ccccc2s1. The lowest BCUT2D eigenvalue weighted by molar-refractivity contribution is 0.0605. The van der Waals surface area contributed by atoms with Crippen LogP contribution in [0, 0.1) is 0 Å². The predicted molar refractivity (Wildman–Crippen MR) is 112 cm³/mol. The first kappa shape index (κ1) is 17.1. The van der Waals surface area contributed by atoms with Gasteiger partial charge in [0, 0.05) is 11.9 Å². The molecule has 2 aromatic carbocycles. The molecule has 3 heterocycles. The normalized spacial score (nSPS) is 17.3. The van der Waals surface area contributed by atoms with Gasteiger partial charge in [-0.2, -0.15) is 0 Å². The van der Waals surface area contributed by atoms with Crippen LogP contribution in [0.4, 0.5) is 0 Å². The third-order valence-electron chi connectivity index (χ3n) is 5.34. The molecular formula is C22H19N3O2S. The third kappa shape index (κ3) is 2.90. The van der Waals surface area contributed by atoms with Crippen molar-refractivity contribution in [3.05, 3.63) is 75.7 Å². The van der Waals surface area contributed by atoms with Gasteiger partial charge < -0.3 is 9.88 Å². The first-order valence-electron chi connectivity index (χ1n) is 9.49. The van der Waals surface area contributed by atoms with Crippen LogP contribution in [0.25, 0.3) is 21.0 Å². The van der Waals surface area contributed by atoms with Gasteiger partial charge in [0.05, 0.1) is 16.3 Å². The maximum absolute atomic E-state index is 13.3. The van der Waals surface area contributed by atoms with E-state index in [4.69, 9.17) is 4.98 Å². The molecule has 0 bridgehead atoms. The van der Waals surface area contributed by atoms with Crippen molar-refractivity contribution in [3.63, 3.8) is 0 Å². The van der Waals surface area contributed by atoms with Crippen molar-refractivity contribution in [1.29, 1.82) is 0 Å². The van der Waals surface area contributed by atoms with E-state index in [0.717, 1.165) is 39.9 Å². The number of para-hydroxylation sites is 1. The van der Waals surface area contributed by atoms with Crippen LogP contribution in [0.1, 0.15) is 40.8 Å². The largest absolute Gasteiger partial charge is 0.328 e. The van der Waals surface area contributed by atoms with E-state index >= 15 is 0 Å². The number of carbonyl (C=O) groups is 1. The summed E-state index contributed by atoms with van der Waals surface area (Å²) in [4.78, 5) is 35.2. The molecule has 1 N–H and O–H groups in total. The summed E-state index contributed by atoms with van der Waals surface area (Å²) in [5.41, 5.74) is 1.09. The molecule has 0 spiro atoms. The second kappa shape index (κ2) is 6.87. The minimum atomic E-state index is -0.227. The molecule has 5 rings (SSSR count). The van der Waals surface area contributed by atoms with Gasteiger partial charge in [0.15, 0.2) is 0 Å². The van der Waals surface area contributed by atoms with Gasteiger partial charge in [0.2, 0.25) is 0 Å². The number of hydrogen-bond donors (Lipinski definition) is 1. The van der Waals surface area contributed by atoms with Crippen LogP contribution < -0.4 is 5.56 Å². The molecule has 140 valence electrons. The Morgan fingerprint density at radius 3 is 2.82 bits per heavy atom. The zero-order valence-corrected chi connectivity index (χ0v) is 16.0. The van der Waals surface area contributed by atoms with Crippen molar-refractivity contribution in [1.82, 2.24) is 14.9 Å². The molecular weight excluding hydrogens is 370 g/mol. The Balaban J connectivity index is 1.54. The number of pyridine rings is 1. The van der Waals surface area contributed by atoms with Crippen LogP contribution in [0.15, 0.2) is 59.4 Å². The first-order chi connectivity index (χ1) is 13.7. The van der Waals surface area contributed by atoms with Crippen molar-refractivity contribution in [2.24, 2.45) is 0 Å². The molecule has 1 saturated heterocycles. The number of benzene rings is 2. The predicted octanol–water partition coefficient (Wildman–Crippen LogP) is 4.51. The Morgan fingerprint density at radius 2 is 1.93 bits per heavy atom. The Morgan fingerprint density at radius 1 is 1.11 bits per heavy atom. The van der Waals surface area contributed by atoms with Gasteiger partial charge in [0.1, 0.15) is 10.7 Å². The zero-order chi connectivity index (χ0) is 19.1. The number of rotatable bonds is 2. The van der Waals surface area contributed by atoms with Gasteiger partial charge in [-0.1, -0.05) is 30.3 Å². The maximum Gasteiger partial charge on any atom is 0.270 e. The van der Waals surface area contributed by atoms with Crippen LogP contribution in [0.5, 0.6) is 0 Å². The molecule has 1 fully saturated rings. The number of fused-ring (bicyclic) bond motifs is 2. The number of likely N-dealkylation sites (tertiary alicyclic amines) is 1. The summed E-state index contributed by atoms with van der Waals surface area (Å²) in [5, 5.41) is 2.35. The average Bonchev–Trinajstić information content (AvgIpc) is 3.17. The summed E-state index contributed by atoms with van der Waals surface area (Å²) in [6.07, 6.45) is 2.92. The monoisotopic (exact) mass is 389 g/mol. The highest BCUT2D eigenvalue weighted by Gasteiger charge is 2.31. The average molecular weight is 389 g/mol. The number of H-pyrrole nitrogens is 1. The van der Waals surface area contributed by atoms with Crippen molar-refractivity contribution < 1.29 is 4.79 Å². The molecule has 1 amide bonds. The van der Waals surface area contributed by atoms with E-state index < -0.39 is 0 Å². The highest BCUT2D eigenvalue weighted by atomic mass is 32.1. The minimum absolute atomic E-state index is 0.0476. The van der Waals surface area contributed by atoms with E-state index in [1.54, 1.807) is 23.5 Å². The van der Waals surface area contributed by atoms with Gasteiger partial charge in [0.25, 0.3) is 11.5 Å². The smallest absolute Gasteiger partial charge is 0.270 e. The van der Waals surface area contributed by atoms with Crippen LogP contribution in [0.2, 0.25) is 0 Å². The fraction of sp³-hybridized carbons (Fsp3) is 0.227. The highest BCUT2D eigenvalue weighted by molar-refractivity contribution is 7.18. The lowest BCUT2D eigenvalue weighted by Crippen LogP contribution is -2.39. The van der Waals surface area contributed by atoms with E-state index in [0.29, 0.717) is 17.6 Å². The number of piperidine rings is 1. The fourth-order valence-corrected chi connectivity index (χ4v) is 5.06. The van der Waals surface area contributed by atoms with E-state index in [9.17, 15) is 9.59 Å². The highest BCUT2D eigenvalue weighted by Crippen LogP contribution is 2.36. The molecule has 0 saturated carbocycles. The third-order valence-corrected chi connectivity index (χ3v) is 6.48. The molecule has 1 aliphatic rings. The van der Waals surface area contributed by atoms with Crippen LogP contribution >= 0.6 is 11.3 Å². The van der Waals surface area contributed by atoms with E-state index in [2.05, 4.69) is 11.1 Å². The van der Waals surface area contributed by atoms with E-state index in [-0.39, 0.29) is 17.5 Å². The van der Waals surface area contributed by atoms with Crippen molar-refractivity contribution in [2.45, 2.75) is 25.3 Å². The molecule has 4 aromatic rings. The summed E-state index contributed by atoms with van der Waals surface area (Å²) in [5.74, 6) is -0.133. The quantitative estimate of drug-likeness (QED) is 0.549. The van der Waals surface area contributed by atoms with Gasteiger partial charge in [-0.15, -0.1) is 11.3 Å². The first-order valence-corrected chi connectivity index (χ1v) is 10.3. The number of aromatic amines is 1. The van der Waals surface area contributed by atoms with Gasteiger partial charge in [-0.25, -0.2) is 4.98 Å². The Hall–Kier alpha value is -2.99. The number of nitrogens with one attached hydrogen (secondary N) is 1. The van der Waals surface area contributed by atoms with Gasteiger partial charge >= 0.3 is 0 Å². The molecule has 0 aliphatic carbocycles. The number of thiazole rings is 1. The molecule has 1 unspecified atom stereocenters. The van der Waals surface area contributed by atoms with Crippen LogP contribution in [0.3, 0.4) is 0 Å². The summed E-state index contributed by atoms with van der Waals surface area (Å²) in [7, 11) is 0. The lowest BCUT2D eigenvalue weighted by atomic mass is 10.0. The number of nitrogens with zero attached hydrogens (tertiary/aromatic N) is 2. The summed E-state index contributed by atoms with van der Waals surface area (Å²) in [6.45, 7) is 0.675. The minimum Gasteiger partial charge on any atom is -0.328 e. The summed E-state index contributed by atoms with van der Waals surface area (Å²) in [6, 6.07) is 17.1. The summed E-state index contributed by atoms with van der Waals surface area (Å²) < 4.78 is 1.13. The van der Waals surface area contributed by atoms with E-state index in [1.165, 1.54) is 0 Å². The molecule has 6 heteroatoms. The molecule has 1 aliphatic heterocycles. The van der Waals surface area contributed by atoms with Crippen molar-refractivity contribution in [3.8, 4) is 0 Å². The topological polar surface area (TPSA) is 66.1 Å². The Kier molecular flexibility index (Phi) is 4.20. The second-order valence-electron chi connectivity index (χ2n) is 7.13. The van der Waals surface area contributed by atoms with E-state index in [1.807, 2.05) is 41.3 Å². The van der Waals surface area contributed by atoms with Crippen molar-refractivity contribution in [2.75, 3.05) is 6.54 Å². The molecule has 2 aromatic heterocycles. The van der Waals surface area contributed by atoms with Gasteiger partial charge in [-0.05, 0) is 48.9 Å². The summed E-state index contributed by atoms with van der Waals surface area (Å²) >= 11 is 1.65. The fourth-order valence-electron chi connectivity index (χ4n) is 3.94. The number of amides is 1. The second-order valence-corrected chi connectivity index (χ2v) is 8.19. The van der Waals surface area contributed by atoms with Crippen LogP contribution in [-0.2, 0) is 0 Å². The standard InChI is InChI=1S/C22H19N3O2S/c26-20-15-8-2-1-7-14(15)13-17(23-20)22(27)25-12-6-5-10-18(25)21-24-16-9-3-4-11-19(16)28-21/h1-4,7-9,11,13,18H,5-6,10,12H2,(H,23,26). The number of carbonyl (C=O) groups excluding carboxylic acids is 1. The zero-order valence-electron chi connectivity index (χ0n) is 15.2. The Bertz CT molecular complexity index is 1210. The molecule has 5 nitrogen and oxygen atoms in total. The molecule has 0 radical (unpaired) electrons. The van der Waals surface area contributed by atoms with Crippen LogP contribution in [-0.4, -0.2) is 27.3 Å². The number of aromatic nitrogens is 2. The number of hydrogen-bond acceptors (Lipinski definition) is 4.